The van der Waals surface area contributed by atoms with Gasteiger partial charge < -0.3 is 9.72 Å². The summed E-state index contributed by atoms with van der Waals surface area (Å²) in [4.78, 5) is 27.8. The number of methoxy groups -OCH3 is 1. The lowest BCUT2D eigenvalue weighted by atomic mass is 10.1. The molecule has 0 spiro atoms. The van der Waals surface area contributed by atoms with Crippen LogP contribution in [-0.2, 0) is 19.5 Å². The highest BCUT2D eigenvalue weighted by molar-refractivity contribution is 7.98. The number of rotatable bonds is 5. The summed E-state index contributed by atoms with van der Waals surface area (Å²) < 4.78 is 5.44. The summed E-state index contributed by atoms with van der Waals surface area (Å²) in [6.07, 6.45) is 4.63. The van der Waals surface area contributed by atoms with E-state index in [9.17, 15) is 4.79 Å². The molecule has 1 N–H and O–H groups in total. The number of hydrogen-bond donors (Lipinski definition) is 1. The van der Waals surface area contributed by atoms with E-state index < -0.39 is 0 Å². The molecule has 2 aromatic heterocycles. The SMILES string of the molecule is COc1ccccc1-c1ncc(CN2CCc3nc(SC)[nH]c(=O)c3C2)s1. The van der Waals surface area contributed by atoms with Crippen molar-refractivity contribution in [3.63, 3.8) is 0 Å². The molecule has 0 radical (unpaired) electrons. The van der Waals surface area contributed by atoms with Gasteiger partial charge in [0.2, 0.25) is 0 Å². The Kier molecular flexibility index (Phi) is 5.29. The highest BCUT2D eigenvalue weighted by Crippen LogP contribution is 2.33. The van der Waals surface area contributed by atoms with Crippen LogP contribution < -0.4 is 10.3 Å². The summed E-state index contributed by atoms with van der Waals surface area (Å²) in [6.45, 7) is 2.28. The predicted octanol–water partition coefficient (Wildman–Crippen LogP) is 3.18. The van der Waals surface area contributed by atoms with Gasteiger partial charge in [0.25, 0.3) is 5.56 Å². The fourth-order valence-electron chi connectivity index (χ4n) is 3.24. The quantitative estimate of drug-likeness (QED) is 0.524. The van der Waals surface area contributed by atoms with Crippen LogP contribution in [0.25, 0.3) is 10.6 Å². The molecule has 0 unspecified atom stereocenters. The smallest absolute Gasteiger partial charge is 0.256 e. The van der Waals surface area contributed by atoms with Crippen LogP contribution >= 0.6 is 23.1 Å². The summed E-state index contributed by atoms with van der Waals surface area (Å²) >= 11 is 3.13. The van der Waals surface area contributed by atoms with Gasteiger partial charge in [0, 0.05) is 37.1 Å². The van der Waals surface area contributed by atoms with Crippen molar-refractivity contribution in [3.8, 4) is 16.3 Å². The normalized spacial score (nSPS) is 14.1. The van der Waals surface area contributed by atoms with Gasteiger partial charge in [-0.3, -0.25) is 9.69 Å². The summed E-state index contributed by atoms with van der Waals surface area (Å²) in [5.41, 5.74) is 2.70. The molecule has 0 bridgehead atoms. The molecule has 6 nitrogen and oxygen atoms in total. The van der Waals surface area contributed by atoms with E-state index >= 15 is 0 Å². The van der Waals surface area contributed by atoms with Gasteiger partial charge in [0.15, 0.2) is 5.16 Å². The van der Waals surface area contributed by atoms with Gasteiger partial charge >= 0.3 is 0 Å². The van der Waals surface area contributed by atoms with E-state index in [4.69, 9.17) is 4.74 Å². The van der Waals surface area contributed by atoms with Crippen LogP contribution in [-0.4, -0.2) is 39.8 Å². The van der Waals surface area contributed by atoms with Crippen molar-refractivity contribution >= 4 is 23.1 Å². The number of thioether (sulfide) groups is 1. The van der Waals surface area contributed by atoms with Crippen molar-refractivity contribution < 1.29 is 4.74 Å². The van der Waals surface area contributed by atoms with Crippen LogP contribution in [0.5, 0.6) is 5.75 Å². The van der Waals surface area contributed by atoms with E-state index in [-0.39, 0.29) is 5.56 Å². The fraction of sp³-hybridized carbons (Fsp3) is 0.316. The Morgan fingerprint density at radius 3 is 3.04 bits per heavy atom. The van der Waals surface area contributed by atoms with E-state index in [0.29, 0.717) is 11.7 Å². The van der Waals surface area contributed by atoms with E-state index in [0.717, 1.165) is 47.1 Å². The minimum absolute atomic E-state index is 0.0203. The maximum Gasteiger partial charge on any atom is 0.256 e. The molecule has 3 heterocycles. The van der Waals surface area contributed by atoms with Gasteiger partial charge in [-0.25, -0.2) is 9.97 Å². The number of thiazole rings is 1. The van der Waals surface area contributed by atoms with Crippen molar-refractivity contribution in [2.75, 3.05) is 19.9 Å². The Hall–Kier alpha value is -2.16. The number of nitrogens with one attached hydrogen (secondary N) is 1. The van der Waals surface area contributed by atoms with E-state index in [1.165, 1.54) is 16.6 Å². The third-order valence-electron chi connectivity index (χ3n) is 4.59. The zero-order valence-corrected chi connectivity index (χ0v) is 16.8. The summed E-state index contributed by atoms with van der Waals surface area (Å²) in [6, 6.07) is 7.91. The molecule has 1 aromatic carbocycles. The minimum atomic E-state index is -0.0203. The van der Waals surface area contributed by atoms with Crippen LogP contribution in [0, 0.1) is 0 Å². The number of aromatic amines is 1. The number of ether oxygens (including phenoxy) is 1. The molecular weight excluding hydrogens is 380 g/mol. The summed E-state index contributed by atoms with van der Waals surface area (Å²) in [7, 11) is 1.67. The Balaban J connectivity index is 1.51. The Labute approximate surface area is 165 Å². The highest BCUT2D eigenvalue weighted by atomic mass is 32.2. The molecule has 140 valence electrons. The third kappa shape index (κ3) is 3.78. The van der Waals surface area contributed by atoms with Gasteiger partial charge in [-0.05, 0) is 18.4 Å². The van der Waals surface area contributed by atoms with Gasteiger partial charge in [-0.1, -0.05) is 23.9 Å². The molecule has 0 saturated carbocycles. The number of para-hydroxylation sites is 1. The second kappa shape index (κ2) is 7.84. The lowest BCUT2D eigenvalue weighted by molar-refractivity contribution is 0.243. The first-order valence-corrected chi connectivity index (χ1v) is 10.7. The third-order valence-corrected chi connectivity index (χ3v) is 6.19. The maximum absolute atomic E-state index is 12.3. The molecule has 0 amide bonds. The molecule has 3 aromatic rings. The molecule has 0 fully saturated rings. The molecular formula is C19H20N4O2S2. The first-order valence-electron chi connectivity index (χ1n) is 8.64. The highest BCUT2D eigenvalue weighted by Gasteiger charge is 2.22. The summed E-state index contributed by atoms with van der Waals surface area (Å²) in [5, 5.41) is 1.64. The van der Waals surface area contributed by atoms with Crippen molar-refractivity contribution in [3.05, 3.63) is 57.0 Å². The van der Waals surface area contributed by atoms with E-state index in [1.54, 1.807) is 18.4 Å². The topological polar surface area (TPSA) is 71.1 Å². The second-order valence-electron chi connectivity index (χ2n) is 6.29. The monoisotopic (exact) mass is 400 g/mol. The van der Waals surface area contributed by atoms with Gasteiger partial charge in [-0.2, -0.15) is 0 Å². The molecule has 0 saturated heterocycles. The van der Waals surface area contributed by atoms with Crippen LogP contribution in [0.1, 0.15) is 16.1 Å². The first-order chi connectivity index (χ1) is 13.2. The van der Waals surface area contributed by atoms with Crippen molar-refractivity contribution in [1.82, 2.24) is 19.9 Å². The molecule has 0 aliphatic carbocycles. The minimum Gasteiger partial charge on any atom is -0.496 e. The first kappa shape index (κ1) is 18.2. The molecule has 1 aliphatic rings. The predicted molar refractivity (Wildman–Crippen MR) is 109 cm³/mol. The van der Waals surface area contributed by atoms with Crippen LogP contribution in [0.3, 0.4) is 0 Å². The lowest BCUT2D eigenvalue weighted by Crippen LogP contribution is -2.35. The van der Waals surface area contributed by atoms with Crippen LogP contribution in [0.2, 0.25) is 0 Å². The number of aromatic nitrogens is 3. The van der Waals surface area contributed by atoms with Crippen molar-refractivity contribution in [1.29, 1.82) is 0 Å². The number of benzene rings is 1. The number of hydrogen-bond acceptors (Lipinski definition) is 7. The number of nitrogens with zero attached hydrogens (tertiary/aromatic N) is 3. The molecule has 27 heavy (non-hydrogen) atoms. The Morgan fingerprint density at radius 1 is 1.37 bits per heavy atom. The van der Waals surface area contributed by atoms with E-state index in [1.807, 2.05) is 36.7 Å². The average Bonchev–Trinajstić information content (AvgIpc) is 3.16. The fourth-order valence-corrected chi connectivity index (χ4v) is 4.62. The van der Waals surface area contributed by atoms with Gasteiger partial charge in [0.1, 0.15) is 10.8 Å². The molecule has 0 atom stereocenters. The van der Waals surface area contributed by atoms with E-state index in [2.05, 4.69) is 19.9 Å². The second-order valence-corrected chi connectivity index (χ2v) is 8.20. The zero-order valence-electron chi connectivity index (χ0n) is 15.2. The number of H-pyrrole nitrogens is 1. The molecule has 4 rings (SSSR count). The molecule has 1 aliphatic heterocycles. The van der Waals surface area contributed by atoms with Crippen molar-refractivity contribution in [2.45, 2.75) is 24.7 Å². The molecule has 8 heteroatoms. The van der Waals surface area contributed by atoms with Gasteiger partial charge in [-0.15, -0.1) is 11.3 Å². The van der Waals surface area contributed by atoms with Crippen LogP contribution in [0.15, 0.2) is 40.4 Å². The Morgan fingerprint density at radius 2 is 2.22 bits per heavy atom. The zero-order chi connectivity index (χ0) is 18.8. The summed E-state index contributed by atoms with van der Waals surface area (Å²) in [5.74, 6) is 0.826. The lowest BCUT2D eigenvalue weighted by Gasteiger charge is -2.26. The van der Waals surface area contributed by atoms with Crippen LogP contribution in [0.4, 0.5) is 0 Å². The standard InChI is InChI=1S/C19H20N4O2S2/c1-25-16-6-4-3-5-13(16)18-20-9-12(27-18)10-23-8-7-15-14(11-23)17(24)22-19(21-15)26-2/h3-6,9H,7-8,10-11H2,1-2H3,(H,21,22,24). The maximum atomic E-state index is 12.3. The largest absolute Gasteiger partial charge is 0.496 e. The average molecular weight is 401 g/mol. The Bertz CT molecular complexity index is 1010. The van der Waals surface area contributed by atoms with Gasteiger partial charge in [0.05, 0.1) is 23.9 Å². The van der Waals surface area contributed by atoms with Crippen molar-refractivity contribution in [2.24, 2.45) is 0 Å². The number of fused-ring (bicyclic) bond motifs is 1.